The third-order valence-electron chi connectivity index (χ3n) is 4.24. The van der Waals surface area contributed by atoms with Crippen molar-refractivity contribution in [2.45, 2.75) is 41.5 Å². The fourth-order valence-electron chi connectivity index (χ4n) is 2.91. The fraction of sp³-hybridized carbons (Fsp3) is 0.650. The van der Waals surface area contributed by atoms with Gasteiger partial charge in [0, 0.05) is 49.5 Å². The molecule has 1 amide bonds. The molecule has 1 saturated heterocycles. The maximum absolute atomic E-state index is 12.0. The molecule has 1 heterocycles. The van der Waals surface area contributed by atoms with Gasteiger partial charge in [-0.3, -0.25) is 9.69 Å². The van der Waals surface area contributed by atoms with Gasteiger partial charge in [0.1, 0.15) is 0 Å². The van der Waals surface area contributed by atoms with Gasteiger partial charge in [0.2, 0.25) is 5.91 Å². The standard InChI is InChI=1S/C20H33N3O/c1-19(2,3)15-22-11-13-23(14-12-22)17-9-7-16(8-10-17)21-18(24)20(4,5)6/h7-10H,11-15H2,1-6H3,(H,21,24). The molecule has 1 N–H and O–H groups in total. The fourth-order valence-corrected chi connectivity index (χ4v) is 2.91. The predicted octanol–water partition coefficient (Wildman–Crippen LogP) is 3.84. The number of carbonyl (C=O) groups is 1. The third kappa shape index (κ3) is 5.52. The van der Waals surface area contributed by atoms with Crippen molar-refractivity contribution in [1.29, 1.82) is 0 Å². The number of carbonyl (C=O) groups excluding carboxylic acids is 1. The van der Waals surface area contributed by atoms with Gasteiger partial charge in [0.15, 0.2) is 0 Å². The summed E-state index contributed by atoms with van der Waals surface area (Å²) < 4.78 is 0. The van der Waals surface area contributed by atoms with Crippen molar-refractivity contribution in [3.63, 3.8) is 0 Å². The van der Waals surface area contributed by atoms with E-state index in [1.807, 2.05) is 32.9 Å². The zero-order valence-corrected chi connectivity index (χ0v) is 16.1. The number of piperazine rings is 1. The topological polar surface area (TPSA) is 35.6 Å². The normalized spacial score (nSPS) is 17.0. The zero-order valence-electron chi connectivity index (χ0n) is 16.1. The summed E-state index contributed by atoms with van der Waals surface area (Å²) in [5, 5.41) is 2.98. The Kier molecular flexibility index (Phi) is 5.59. The van der Waals surface area contributed by atoms with Gasteiger partial charge in [-0.05, 0) is 29.7 Å². The molecule has 1 aromatic rings. The van der Waals surface area contributed by atoms with Gasteiger partial charge >= 0.3 is 0 Å². The van der Waals surface area contributed by atoms with Crippen molar-refractivity contribution in [3.05, 3.63) is 24.3 Å². The average molecular weight is 332 g/mol. The van der Waals surface area contributed by atoms with Crippen molar-refractivity contribution in [2.24, 2.45) is 10.8 Å². The maximum Gasteiger partial charge on any atom is 0.229 e. The monoisotopic (exact) mass is 331 g/mol. The summed E-state index contributed by atoms with van der Waals surface area (Å²) in [7, 11) is 0. The number of rotatable bonds is 3. The van der Waals surface area contributed by atoms with Gasteiger partial charge in [-0.15, -0.1) is 0 Å². The minimum Gasteiger partial charge on any atom is -0.369 e. The number of amides is 1. The quantitative estimate of drug-likeness (QED) is 0.914. The number of hydrogen-bond acceptors (Lipinski definition) is 3. The summed E-state index contributed by atoms with van der Waals surface area (Å²) in [5.74, 6) is 0.0473. The molecule has 4 nitrogen and oxygen atoms in total. The van der Waals surface area contributed by atoms with Gasteiger partial charge in [-0.1, -0.05) is 41.5 Å². The number of nitrogens with one attached hydrogen (secondary N) is 1. The molecule has 0 aromatic heterocycles. The molecule has 134 valence electrons. The number of anilines is 2. The van der Waals surface area contributed by atoms with E-state index in [4.69, 9.17) is 0 Å². The van der Waals surface area contributed by atoms with Gasteiger partial charge in [0.05, 0.1) is 0 Å². The third-order valence-corrected chi connectivity index (χ3v) is 4.24. The molecular weight excluding hydrogens is 298 g/mol. The minimum atomic E-state index is -0.373. The Morgan fingerprint density at radius 2 is 1.50 bits per heavy atom. The molecule has 0 unspecified atom stereocenters. The van der Waals surface area contributed by atoms with Crippen molar-refractivity contribution in [2.75, 3.05) is 42.9 Å². The Hall–Kier alpha value is -1.55. The van der Waals surface area contributed by atoms with Crippen molar-refractivity contribution in [3.8, 4) is 0 Å². The van der Waals surface area contributed by atoms with Crippen LogP contribution in [-0.2, 0) is 4.79 Å². The van der Waals surface area contributed by atoms with Crippen LogP contribution in [-0.4, -0.2) is 43.5 Å². The van der Waals surface area contributed by atoms with Crippen molar-refractivity contribution < 1.29 is 4.79 Å². The van der Waals surface area contributed by atoms with E-state index < -0.39 is 0 Å². The largest absolute Gasteiger partial charge is 0.369 e. The molecule has 1 aromatic carbocycles. The van der Waals surface area contributed by atoms with Crippen LogP contribution in [0.3, 0.4) is 0 Å². The Morgan fingerprint density at radius 1 is 0.958 bits per heavy atom. The lowest BCUT2D eigenvalue weighted by Crippen LogP contribution is -2.48. The van der Waals surface area contributed by atoms with Crippen LogP contribution in [0.5, 0.6) is 0 Å². The summed E-state index contributed by atoms with van der Waals surface area (Å²) in [6, 6.07) is 8.22. The average Bonchev–Trinajstić information content (AvgIpc) is 2.46. The minimum absolute atomic E-state index is 0.0473. The van der Waals surface area contributed by atoms with Crippen LogP contribution >= 0.6 is 0 Å². The molecule has 1 aliphatic rings. The number of nitrogens with zero attached hydrogens (tertiary/aromatic N) is 2. The van der Waals surface area contributed by atoms with E-state index in [1.165, 1.54) is 5.69 Å². The van der Waals surface area contributed by atoms with E-state index in [0.29, 0.717) is 5.41 Å². The van der Waals surface area contributed by atoms with E-state index >= 15 is 0 Å². The van der Waals surface area contributed by atoms with Crippen LogP contribution in [0.4, 0.5) is 11.4 Å². The molecule has 0 saturated carbocycles. The zero-order chi connectivity index (χ0) is 18.0. The molecule has 0 bridgehead atoms. The van der Waals surface area contributed by atoms with Crippen LogP contribution < -0.4 is 10.2 Å². The number of hydrogen-bond donors (Lipinski definition) is 1. The summed E-state index contributed by atoms with van der Waals surface area (Å²) in [4.78, 5) is 17.0. The summed E-state index contributed by atoms with van der Waals surface area (Å²) >= 11 is 0. The second kappa shape index (κ2) is 7.14. The van der Waals surface area contributed by atoms with Gasteiger partial charge < -0.3 is 10.2 Å². The lowest BCUT2D eigenvalue weighted by molar-refractivity contribution is -0.123. The Balaban J connectivity index is 1.89. The lowest BCUT2D eigenvalue weighted by Gasteiger charge is -2.38. The van der Waals surface area contributed by atoms with E-state index in [2.05, 4.69) is 48.0 Å². The first-order chi connectivity index (χ1) is 11.0. The number of benzene rings is 1. The molecule has 0 spiro atoms. The highest BCUT2D eigenvalue weighted by Gasteiger charge is 2.23. The van der Waals surface area contributed by atoms with Crippen molar-refractivity contribution >= 4 is 17.3 Å². The van der Waals surface area contributed by atoms with Crippen molar-refractivity contribution in [1.82, 2.24) is 4.90 Å². The van der Waals surface area contributed by atoms with Crippen LogP contribution in [0.2, 0.25) is 0 Å². The first kappa shape index (κ1) is 18.8. The SMILES string of the molecule is CC(C)(C)CN1CCN(c2ccc(NC(=O)C(C)(C)C)cc2)CC1. The lowest BCUT2D eigenvalue weighted by atomic mass is 9.95. The molecule has 2 rings (SSSR count). The van der Waals surface area contributed by atoms with Gasteiger partial charge in [0.25, 0.3) is 0 Å². The predicted molar refractivity (Wildman–Crippen MR) is 103 cm³/mol. The summed E-state index contributed by atoms with van der Waals surface area (Å²) in [6.45, 7) is 18.2. The van der Waals surface area contributed by atoms with Crippen LogP contribution in [0, 0.1) is 10.8 Å². The summed E-state index contributed by atoms with van der Waals surface area (Å²) in [5.41, 5.74) is 2.08. The first-order valence-corrected chi connectivity index (χ1v) is 8.93. The molecule has 1 fully saturated rings. The van der Waals surface area contributed by atoms with E-state index in [1.54, 1.807) is 0 Å². The van der Waals surface area contributed by atoms with Crippen LogP contribution in [0.25, 0.3) is 0 Å². The van der Waals surface area contributed by atoms with Crippen LogP contribution in [0.1, 0.15) is 41.5 Å². The van der Waals surface area contributed by atoms with E-state index in [-0.39, 0.29) is 11.3 Å². The first-order valence-electron chi connectivity index (χ1n) is 8.93. The summed E-state index contributed by atoms with van der Waals surface area (Å²) in [6.07, 6.45) is 0. The maximum atomic E-state index is 12.0. The Morgan fingerprint density at radius 3 is 1.96 bits per heavy atom. The highest BCUT2D eigenvalue weighted by molar-refractivity contribution is 5.94. The smallest absolute Gasteiger partial charge is 0.229 e. The molecule has 0 radical (unpaired) electrons. The molecule has 24 heavy (non-hydrogen) atoms. The van der Waals surface area contributed by atoms with Gasteiger partial charge in [-0.25, -0.2) is 0 Å². The molecule has 0 atom stereocenters. The molecular formula is C20H33N3O. The second-order valence-electron chi connectivity index (χ2n) is 9.07. The van der Waals surface area contributed by atoms with Crippen LogP contribution in [0.15, 0.2) is 24.3 Å². The van der Waals surface area contributed by atoms with E-state index in [9.17, 15) is 4.79 Å². The highest BCUT2D eigenvalue weighted by atomic mass is 16.2. The Bertz CT molecular complexity index is 544. The molecule has 0 aliphatic carbocycles. The molecule has 4 heteroatoms. The molecule has 1 aliphatic heterocycles. The second-order valence-corrected chi connectivity index (χ2v) is 9.07. The van der Waals surface area contributed by atoms with Gasteiger partial charge in [-0.2, -0.15) is 0 Å². The Labute approximate surface area is 147 Å². The highest BCUT2D eigenvalue weighted by Crippen LogP contribution is 2.23. The van der Waals surface area contributed by atoms with E-state index in [0.717, 1.165) is 38.4 Å².